The van der Waals surface area contributed by atoms with Crippen molar-refractivity contribution in [2.24, 2.45) is 10.9 Å². The molecule has 106 valence electrons. The standard InChI is InChI=1S/C15H12FN3O2/c16-12-7-9(20)5-6-14(12)19-8-11(15(17)18-21)10-3-1-2-4-13(10)19/h1-8,20-21H,(H2,17,18). The summed E-state index contributed by atoms with van der Waals surface area (Å²) in [4.78, 5) is 0. The first-order valence-corrected chi connectivity index (χ1v) is 6.18. The highest BCUT2D eigenvalue weighted by Crippen LogP contribution is 2.27. The van der Waals surface area contributed by atoms with Crippen molar-refractivity contribution in [1.82, 2.24) is 4.57 Å². The fourth-order valence-electron chi connectivity index (χ4n) is 2.33. The SMILES string of the molecule is NC(=NO)c1cn(-c2ccc(O)cc2F)c2ccccc12. The summed E-state index contributed by atoms with van der Waals surface area (Å²) >= 11 is 0. The van der Waals surface area contributed by atoms with Crippen molar-refractivity contribution in [2.45, 2.75) is 0 Å². The second-order valence-electron chi connectivity index (χ2n) is 4.55. The number of hydrogen-bond donors (Lipinski definition) is 3. The third-order valence-corrected chi connectivity index (χ3v) is 3.29. The number of aromatic nitrogens is 1. The van der Waals surface area contributed by atoms with Crippen LogP contribution in [-0.4, -0.2) is 20.7 Å². The van der Waals surface area contributed by atoms with Crippen LogP contribution in [0.25, 0.3) is 16.6 Å². The van der Waals surface area contributed by atoms with Crippen molar-refractivity contribution >= 4 is 16.7 Å². The van der Waals surface area contributed by atoms with E-state index in [4.69, 9.17) is 10.9 Å². The van der Waals surface area contributed by atoms with Gasteiger partial charge in [-0.15, -0.1) is 0 Å². The van der Waals surface area contributed by atoms with E-state index in [2.05, 4.69) is 5.16 Å². The molecule has 3 aromatic rings. The molecule has 0 bridgehead atoms. The van der Waals surface area contributed by atoms with Gasteiger partial charge < -0.3 is 20.6 Å². The summed E-state index contributed by atoms with van der Waals surface area (Å²) < 4.78 is 15.7. The molecule has 0 amide bonds. The second kappa shape index (κ2) is 4.82. The molecule has 0 fully saturated rings. The summed E-state index contributed by atoms with van der Waals surface area (Å²) in [6.45, 7) is 0. The van der Waals surface area contributed by atoms with Crippen LogP contribution in [0.15, 0.2) is 53.8 Å². The van der Waals surface area contributed by atoms with Crippen LogP contribution in [0.2, 0.25) is 0 Å². The molecule has 1 aromatic heterocycles. The summed E-state index contributed by atoms with van der Waals surface area (Å²) in [6.07, 6.45) is 1.59. The van der Waals surface area contributed by atoms with E-state index in [1.165, 1.54) is 12.1 Å². The van der Waals surface area contributed by atoms with Crippen LogP contribution < -0.4 is 5.73 Å². The van der Waals surface area contributed by atoms with E-state index in [1.54, 1.807) is 22.9 Å². The molecule has 0 radical (unpaired) electrons. The predicted molar refractivity (Wildman–Crippen MR) is 77.4 cm³/mol. The summed E-state index contributed by atoms with van der Waals surface area (Å²) in [5.41, 5.74) is 7.14. The monoisotopic (exact) mass is 285 g/mol. The van der Waals surface area contributed by atoms with Gasteiger partial charge in [-0.05, 0) is 18.2 Å². The number of benzene rings is 2. The molecule has 0 saturated carbocycles. The lowest BCUT2D eigenvalue weighted by molar-refractivity contribution is 0.318. The van der Waals surface area contributed by atoms with Crippen molar-refractivity contribution in [3.63, 3.8) is 0 Å². The largest absolute Gasteiger partial charge is 0.508 e. The third-order valence-electron chi connectivity index (χ3n) is 3.29. The van der Waals surface area contributed by atoms with E-state index < -0.39 is 5.82 Å². The molecule has 21 heavy (non-hydrogen) atoms. The number of amidine groups is 1. The topological polar surface area (TPSA) is 83.8 Å². The number of nitrogens with zero attached hydrogens (tertiary/aromatic N) is 2. The molecule has 0 saturated heterocycles. The average molecular weight is 285 g/mol. The van der Waals surface area contributed by atoms with Crippen molar-refractivity contribution in [2.75, 3.05) is 0 Å². The molecule has 3 rings (SSSR count). The van der Waals surface area contributed by atoms with Gasteiger partial charge in [0.25, 0.3) is 0 Å². The summed E-state index contributed by atoms with van der Waals surface area (Å²) in [7, 11) is 0. The molecule has 0 aliphatic heterocycles. The van der Waals surface area contributed by atoms with E-state index in [1.807, 2.05) is 12.1 Å². The fourth-order valence-corrected chi connectivity index (χ4v) is 2.33. The number of phenolic OH excluding ortho intramolecular Hbond substituents is 1. The molecule has 6 heteroatoms. The maximum atomic E-state index is 14.1. The lowest BCUT2D eigenvalue weighted by Gasteiger charge is -2.06. The average Bonchev–Trinajstić information content (AvgIpc) is 2.86. The second-order valence-corrected chi connectivity index (χ2v) is 4.55. The van der Waals surface area contributed by atoms with Crippen molar-refractivity contribution in [3.05, 3.63) is 60.0 Å². The summed E-state index contributed by atoms with van der Waals surface area (Å²) in [5.74, 6) is -0.768. The Kier molecular flexibility index (Phi) is 2.98. The highest BCUT2D eigenvalue weighted by molar-refractivity contribution is 6.09. The van der Waals surface area contributed by atoms with E-state index >= 15 is 0 Å². The Bertz CT molecular complexity index is 855. The molecular formula is C15H12FN3O2. The minimum Gasteiger partial charge on any atom is -0.508 e. The molecular weight excluding hydrogens is 273 g/mol. The van der Waals surface area contributed by atoms with Gasteiger partial charge in [0, 0.05) is 23.2 Å². The zero-order valence-electron chi connectivity index (χ0n) is 10.9. The number of halogens is 1. The van der Waals surface area contributed by atoms with Gasteiger partial charge in [0.1, 0.15) is 5.75 Å². The zero-order valence-corrected chi connectivity index (χ0v) is 10.9. The molecule has 0 aliphatic carbocycles. The van der Waals surface area contributed by atoms with Crippen LogP contribution in [0.4, 0.5) is 4.39 Å². The first kappa shape index (κ1) is 13.0. The van der Waals surface area contributed by atoms with Gasteiger partial charge >= 0.3 is 0 Å². The van der Waals surface area contributed by atoms with Gasteiger partial charge in [0.15, 0.2) is 11.7 Å². The highest BCUT2D eigenvalue weighted by Gasteiger charge is 2.15. The predicted octanol–water partition coefficient (Wildman–Crippen LogP) is 2.57. The number of hydrogen-bond acceptors (Lipinski definition) is 3. The van der Waals surface area contributed by atoms with Gasteiger partial charge in [0.2, 0.25) is 0 Å². The van der Waals surface area contributed by atoms with E-state index in [-0.39, 0.29) is 17.3 Å². The van der Waals surface area contributed by atoms with Crippen molar-refractivity contribution in [1.29, 1.82) is 0 Å². The molecule has 5 nitrogen and oxygen atoms in total. The molecule has 0 aliphatic rings. The maximum absolute atomic E-state index is 14.1. The number of oxime groups is 1. The van der Waals surface area contributed by atoms with Crippen LogP contribution in [0.1, 0.15) is 5.56 Å². The first-order valence-electron chi connectivity index (χ1n) is 6.18. The van der Waals surface area contributed by atoms with Crippen molar-refractivity contribution < 1.29 is 14.7 Å². The summed E-state index contributed by atoms with van der Waals surface area (Å²) in [5, 5.41) is 21.9. The molecule has 0 atom stereocenters. The molecule has 4 N–H and O–H groups in total. The van der Waals surface area contributed by atoms with Crippen LogP contribution in [-0.2, 0) is 0 Å². The number of fused-ring (bicyclic) bond motifs is 1. The van der Waals surface area contributed by atoms with Gasteiger partial charge in [0.05, 0.1) is 11.2 Å². The minimum absolute atomic E-state index is 0.0517. The molecule has 0 spiro atoms. The van der Waals surface area contributed by atoms with E-state index in [0.29, 0.717) is 11.1 Å². The van der Waals surface area contributed by atoms with Crippen LogP contribution in [0, 0.1) is 5.82 Å². The number of rotatable bonds is 2. The van der Waals surface area contributed by atoms with Crippen LogP contribution >= 0.6 is 0 Å². The normalized spacial score (nSPS) is 12.0. The van der Waals surface area contributed by atoms with Gasteiger partial charge in [-0.2, -0.15) is 0 Å². The first-order chi connectivity index (χ1) is 10.1. The smallest absolute Gasteiger partial charge is 0.172 e. The number of aromatic hydroxyl groups is 1. The van der Waals surface area contributed by atoms with Gasteiger partial charge in [-0.3, -0.25) is 0 Å². The lowest BCUT2D eigenvalue weighted by atomic mass is 10.1. The maximum Gasteiger partial charge on any atom is 0.172 e. The number of para-hydroxylation sites is 1. The fraction of sp³-hybridized carbons (Fsp3) is 0. The van der Waals surface area contributed by atoms with Gasteiger partial charge in [-0.25, -0.2) is 4.39 Å². The molecule has 1 heterocycles. The number of nitrogens with two attached hydrogens (primary N) is 1. The highest BCUT2D eigenvalue weighted by atomic mass is 19.1. The van der Waals surface area contributed by atoms with Crippen molar-refractivity contribution in [3.8, 4) is 11.4 Å². The minimum atomic E-state index is -0.568. The Morgan fingerprint density at radius 1 is 1.19 bits per heavy atom. The van der Waals surface area contributed by atoms with Crippen LogP contribution in [0.3, 0.4) is 0 Å². The Hall–Kier alpha value is -3.02. The lowest BCUT2D eigenvalue weighted by Crippen LogP contribution is -2.12. The molecule has 2 aromatic carbocycles. The van der Waals surface area contributed by atoms with Gasteiger partial charge in [-0.1, -0.05) is 23.4 Å². The quantitative estimate of drug-likeness (QED) is 0.293. The summed E-state index contributed by atoms with van der Waals surface area (Å²) in [6, 6.07) is 11.1. The Balaban J connectivity index is 2.33. The Morgan fingerprint density at radius 2 is 1.95 bits per heavy atom. The zero-order chi connectivity index (χ0) is 15.0. The molecule has 0 unspecified atom stereocenters. The van der Waals surface area contributed by atoms with E-state index in [0.717, 1.165) is 11.5 Å². The van der Waals surface area contributed by atoms with E-state index in [9.17, 15) is 9.50 Å². The Labute approximate surface area is 119 Å². The third kappa shape index (κ3) is 2.06. The Morgan fingerprint density at radius 3 is 2.67 bits per heavy atom. The number of phenols is 1. The van der Waals surface area contributed by atoms with Crippen LogP contribution in [0.5, 0.6) is 5.75 Å².